The first-order valence-electron chi connectivity index (χ1n) is 6.94. The molecule has 116 valence electrons. The van der Waals surface area contributed by atoms with Gasteiger partial charge >= 0.3 is 0 Å². The first-order chi connectivity index (χ1) is 9.58. The van der Waals surface area contributed by atoms with E-state index in [2.05, 4.69) is 10.6 Å². The molecule has 1 atom stereocenters. The van der Waals surface area contributed by atoms with Crippen molar-refractivity contribution in [2.45, 2.75) is 25.3 Å². The second-order valence-electron chi connectivity index (χ2n) is 5.27. The third-order valence-corrected chi connectivity index (χ3v) is 3.43. The summed E-state index contributed by atoms with van der Waals surface area (Å²) in [5, 5.41) is 6.09. The van der Waals surface area contributed by atoms with Gasteiger partial charge in [-0.3, -0.25) is 9.59 Å². The predicted molar refractivity (Wildman–Crippen MR) is 86.0 cm³/mol. The molecule has 2 rings (SSSR count). The molecular weight excluding hydrogens is 290 g/mol. The van der Waals surface area contributed by atoms with Gasteiger partial charge in [0.2, 0.25) is 5.91 Å². The van der Waals surface area contributed by atoms with Crippen molar-refractivity contribution in [2.75, 3.05) is 26.0 Å². The van der Waals surface area contributed by atoms with Gasteiger partial charge in [0.15, 0.2) is 0 Å². The van der Waals surface area contributed by atoms with Gasteiger partial charge in [0.1, 0.15) is 0 Å². The minimum atomic E-state index is -0.105. The lowest BCUT2D eigenvalue weighted by Gasteiger charge is -2.22. The summed E-state index contributed by atoms with van der Waals surface area (Å²) < 4.78 is 0. The second kappa shape index (κ2) is 8.00. The van der Waals surface area contributed by atoms with E-state index in [9.17, 15) is 9.59 Å². The van der Waals surface area contributed by atoms with Crippen molar-refractivity contribution in [3.8, 4) is 0 Å². The van der Waals surface area contributed by atoms with Gasteiger partial charge in [0, 0.05) is 25.3 Å². The fourth-order valence-electron chi connectivity index (χ4n) is 2.26. The standard InChI is InChI=1S/C15H21N3O2.ClH/c1-18(2)15(20)11-6-8-12(9-7-11)17-14(19)13-5-3-4-10-16-13;/h6-9,13,16H,3-5,10H2,1-2H3,(H,17,19);1H/t13-;/m0./s1. The van der Waals surface area contributed by atoms with E-state index in [1.807, 2.05) is 0 Å². The number of benzene rings is 1. The lowest BCUT2D eigenvalue weighted by Crippen LogP contribution is -2.43. The van der Waals surface area contributed by atoms with Crippen LogP contribution in [-0.4, -0.2) is 43.4 Å². The van der Waals surface area contributed by atoms with Crippen LogP contribution < -0.4 is 10.6 Å². The Bertz CT molecular complexity index is 482. The molecule has 21 heavy (non-hydrogen) atoms. The zero-order chi connectivity index (χ0) is 14.5. The predicted octanol–water partition coefficient (Wildman–Crippen LogP) is 1.89. The number of carbonyl (C=O) groups excluding carboxylic acids is 2. The van der Waals surface area contributed by atoms with Crippen LogP contribution in [-0.2, 0) is 4.79 Å². The summed E-state index contributed by atoms with van der Waals surface area (Å²) in [6.07, 6.45) is 3.09. The average molecular weight is 312 g/mol. The van der Waals surface area contributed by atoms with Crippen LogP contribution >= 0.6 is 12.4 Å². The van der Waals surface area contributed by atoms with Crippen molar-refractivity contribution in [1.82, 2.24) is 10.2 Å². The Morgan fingerprint density at radius 1 is 1.19 bits per heavy atom. The van der Waals surface area contributed by atoms with Crippen LogP contribution in [0.2, 0.25) is 0 Å². The molecule has 1 saturated heterocycles. The topological polar surface area (TPSA) is 61.4 Å². The second-order valence-corrected chi connectivity index (χ2v) is 5.27. The van der Waals surface area contributed by atoms with Crippen LogP contribution in [0.4, 0.5) is 5.69 Å². The Kier molecular flexibility index (Phi) is 6.65. The minimum absolute atomic E-state index is 0. The maximum Gasteiger partial charge on any atom is 0.253 e. The van der Waals surface area contributed by atoms with Gasteiger partial charge in [-0.05, 0) is 43.7 Å². The molecule has 0 aromatic heterocycles. The number of nitrogens with one attached hydrogen (secondary N) is 2. The molecule has 1 heterocycles. The highest BCUT2D eigenvalue weighted by atomic mass is 35.5. The molecule has 0 spiro atoms. The van der Waals surface area contributed by atoms with E-state index in [1.165, 1.54) is 4.90 Å². The first kappa shape index (κ1) is 17.5. The molecule has 2 amide bonds. The number of carbonyl (C=O) groups is 2. The fourth-order valence-corrected chi connectivity index (χ4v) is 2.26. The number of nitrogens with zero attached hydrogens (tertiary/aromatic N) is 1. The third-order valence-electron chi connectivity index (χ3n) is 3.43. The van der Waals surface area contributed by atoms with Crippen LogP contribution in [0.5, 0.6) is 0 Å². The molecule has 2 N–H and O–H groups in total. The maximum absolute atomic E-state index is 12.0. The SMILES string of the molecule is CN(C)C(=O)c1ccc(NC(=O)[C@@H]2CCCCN2)cc1.Cl. The van der Waals surface area contributed by atoms with E-state index < -0.39 is 0 Å². The Balaban J connectivity index is 0.00000220. The van der Waals surface area contributed by atoms with E-state index in [0.29, 0.717) is 5.56 Å². The van der Waals surface area contributed by atoms with Crippen molar-refractivity contribution < 1.29 is 9.59 Å². The Labute approximate surface area is 131 Å². The minimum Gasteiger partial charge on any atom is -0.345 e. The molecule has 0 unspecified atom stereocenters. The summed E-state index contributed by atoms with van der Waals surface area (Å²) in [5.41, 5.74) is 1.33. The first-order valence-corrected chi connectivity index (χ1v) is 6.94. The highest BCUT2D eigenvalue weighted by Gasteiger charge is 2.20. The molecule has 5 nitrogen and oxygen atoms in total. The van der Waals surface area contributed by atoms with Gasteiger partial charge < -0.3 is 15.5 Å². The van der Waals surface area contributed by atoms with Gasteiger partial charge in [0.05, 0.1) is 6.04 Å². The molecule has 0 saturated carbocycles. The Morgan fingerprint density at radius 2 is 1.86 bits per heavy atom. The number of amides is 2. The molecule has 0 aliphatic carbocycles. The number of hydrogen-bond acceptors (Lipinski definition) is 3. The van der Waals surface area contributed by atoms with Gasteiger partial charge in [-0.1, -0.05) is 6.42 Å². The van der Waals surface area contributed by atoms with Gasteiger partial charge in [-0.15, -0.1) is 12.4 Å². The third kappa shape index (κ3) is 4.72. The van der Waals surface area contributed by atoms with Crippen LogP contribution in [0.15, 0.2) is 24.3 Å². The lowest BCUT2D eigenvalue weighted by molar-refractivity contribution is -0.118. The lowest BCUT2D eigenvalue weighted by atomic mass is 10.0. The summed E-state index contributed by atoms with van der Waals surface area (Å²) >= 11 is 0. The van der Waals surface area contributed by atoms with Gasteiger partial charge in [0.25, 0.3) is 5.91 Å². The van der Waals surface area contributed by atoms with Crippen LogP contribution in [0, 0.1) is 0 Å². The van der Waals surface area contributed by atoms with Crippen LogP contribution in [0.25, 0.3) is 0 Å². The highest BCUT2D eigenvalue weighted by Crippen LogP contribution is 2.13. The van der Waals surface area contributed by atoms with E-state index >= 15 is 0 Å². The summed E-state index contributed by atoms with van der Waals surface area (Å²) in [5.74, 6) is -0.0480. The van der Waals surface area contributed by atoms with Crippen molar-refractivity contribution in [1.29, 1.82) is 0 Å². The van der Waals surface area contributed by atoms with Crippen LogP contribution in [0.3, 0.4) is 0 Å². The van der Waals surface area contributed by atoms with Crippen molar-refractivity contribution in [3.63, 3.8) is 0 Å². The van der Waals surface area contributed by atoms with E-state index in [-0.39, 0.29) is 30.3 Å². The number of hydrogen-bond donors (Lipinski definition) is 2. The van der Waals surface area contributed by atoms with Gasteiger partial charge in [-0.25, -0.2) is 0 Å². The zero-order valence-electron chi connectivity index (χ0n) is 12.4. The molecule has 1 aliphatic rings. The molecule has 0 bridgehead atoms. The van der Waals surface area contributed by atoms with E-state index in [1.54, 1.807) is 38.4 Å². The van der Waals surface area contributed by atoms with E-state index in [4.69, 9.17) is 0 Å². The average Bonchev–Trinajstić information content (AvgIpc) is 2.48. The Hall–Kier alpha value is -1.59. The van der Waals surface area contributed by atoms with Crippen molar-refractivity contribution in [2.24, 2.45) is 0 Å². The molecule has 6 heteroatoms. The van der Waals surface area contributed by atoms with Crippen molar-refractivity contribution in [3.05, 3.63) is 29.8 Å². The van der Waals surface area contributed by atoms with Crippen LogP contribution in [0.1, 0.15) is 29.6 Å². The van der Waals surface area contributed by atoms with E-state index in [0.717, 1.165) is 31.5 Å². The summed E-state index contributed by atoms with van der Waals surface area (Å²) in [7, 11) is 3.43. The molecule has 1 aliphatic heterocycles. The highest BCUT2D eigenvalue weighted by molar-refractivity contribution is 5.97. The summed E-state index contributed by atoms with van der Waals surface area (Å²) in [6, 6.07) is 6.87. The number of rotatable bonds is 3. The number of anilines is 1. The maximum atomic E-state index is 12.0. The normalized spacial score (nSPS) is 17.5. The molecule has 1 aromatic rings. The monoisotopic (exact) mass is 311 g/mol. The fraction of sp³-hybridized carbons (Fsp3) is 0.467. The number of piperidine rings is 1. The largest absolute Gasteiger partial charge is 0.345 e. The summed E-state index contributed by atoms with van der Waals surface area (Å²) in [4.78, 5) is 25.3. The van der Waals surface area contributed by atoms with Crippen molar-refractivity contribution >= 4 is 29.9 Å². The zero-order valence-corrected chi connectivity index (χ0v) is 13.2. The molecular formula is C15H22ClN3O2. The number of halogens is 1. The molecule has 1 aromatic carbocycles. The molecule has 1 fully saturated rings. The molecule has 0 radical (unpaired) electrons. The summed E-state index contributed by atoms with van der Waals surface area (Å²) in [6.45, 7) is 0.897. The smallest absolute Gasteiger partial charge is 0.253 e. The quantitative estimate of drug-likeness (QED) is 0.896. The van der Waals surface area contributed by atoms with Gasteiger partial charge in [-0.2, -0.15) is 0 Å². The Morgan fingerprint density at radius 3 is 2.38 bits per heavy atom.